The fourth-order valence-corrected chi connectivity index (χ4v) is 8.28. The van der Waals surface area contributed by atoms with Crippen LogP contribution in [0.3, 0.4) is 0 Å². The van der Waals surface area contributed by atoms with Gasteiger partial charge in [0, 0.05) is 9.75 Å². The minimum atomic E-state index is 1.08. The van der Waals surface area contributed by atoms with Crippen LogP contribution in [0.5, 0.6) is 5.75 Å². The average molecular weight is 325 g/mol. The molecule has 0 fully saturated rings. The van der Waals surface area contributed by atoms with Gasteiger partial charge in [0.25, 0.3) is 0 Å². The Bertz CT molecular complexity index is 932. The van der Waals surface area contributed by atoms with Gasteiger partial charge >= 0.3 is 0 Å². The lowest BCUT2D eigenvalue weighted by Gasteiger charge is -1.95. The van der Waals surface area contributed by atoms with E-state index in [1.54, 1.807) is 7.11 Å². The van der Waals surface area contributed by atoms with Gasteiger partial charge in [-0.1, -0.05) is 0 Å². The molecule has 0 aromatic carbocycles. The van der Waals surface area contributed by atoms with Gasteiger partial charge in [-0.15, -0.1) is 45.3 Å². The highest BCUT2D eigenvalue weighted by Gasteiger charge is 2.21. The molecule has 4 rings (SSSR count). The van der Waals surface area contributed by atoms with Crippen LogP contribution in [0.1, 0.15) is 15.3 Å². The van der Waals surface area contributed by atoms with Gasteiger partial charge in [0.2, 0.25) is 0 Å². The van der Waals surface area contributed by atoms with Gasteiger partial charge in [-0.05, 0) is 26.3 Å². The van der Waals surface area contributed by atoms with Crippen molar-refractivity contribution in [2.24, 2.45) is 0 Å². The number of thiophene rings is 4. The highest BCUT2D eigenvalue weighted by molar-refractivity contribution is 7.44. The molecule has 4 aromatic heterocycles. The summed E-state index contributed by atoms with van der Waals surface area (Å²) < 4.78 is 14.2. The third-order valence-electron chi connectivity index (χ3n) is 3.55. The molecule has 4 aromatic rings. The summed E-state index contributed by atoms with van der Waals surface area (Å²) >= 11 is 7.66. The predicted molar refractivity (Wildman–Crippen MR) is 91.2 cm³/mol. The number of methoxy groups -OCH3 is 1. The second kappa shape index (κ2) is 3.95. The molecular formula is C14H12OS4. The van der Waals surface area contributed by atoms with Gasteiger partial charge in [0.05, 0.1) is 35.3 Å². The van der Waals surface area contributed by atoms with Crippen molar-refractivity contribution in [2.45, 2.75) is 20.8 Å². The highest BCUT2D eigenvalue weighted by atomic mass is 32.1. The Morgan fingerprint density at radius 2 is 1.16 bits per heavy atom. The van der Waals surface area contributed by atoms with Crippen molar-refractivity contribution >= 4 is 73.5 Å². The van der Waals surface area contributed by atoms with Crippen LogP contribution in [0.25, 0.3) is 28.2 Å². The Kier molecular flexibility index (Phi) is 2.52. The van der Waals surface area contributed by atoms with Crippen molar-refractivity contribution < 1.29 is 4.74 Å². The van der Waals surface area contributed by atoms with Crippen molar-refractivity contribution in [2.75, 3.05) is 7.11 Å². The molecule has 0 aliphatic carbocycles. The van der Waals surface area contributed by atoms with E-state index in [1.165, 1.54) is 43.5 Å². The zero-order valence-electron chi connectivity index (χ0n) is 11.0. The minimum Gasteiger partial charge on any atom is -0.494 e. The molecule has 0 unspecified atom stereocenters. The summed E-state index contributed by atoms with van der Waals surface area (Å²) in [6, 6.07) is 0. The van der Waals surface area contributed by atoms with Crippen molar-refractivity contribution in [3.8, 4) is 5.75 Å². The van der Waals surface area contributed by atoms with Gasteiger partial charge in [-0.25, -0.2) is 0 Å². The maximum atomic E-state index is 5.57. The summed E-state index contributed by atoms with van der Waals surface area (Å²) in [6.45, 7) is 6.61. The van der Waals surface area contributed by atoms with E-state index in [2.05, 4.69) is 20.8 Å². The molecular weight excluding hydrogens is 312 g/mol. The van der Waals surface area contributed by atoms with E-state index in [-0.39, 0.29) is 0 Å². The van der Waals surface area contributed by atoms with Gasteiger partial charge in [0.1, 0.15) is 5.75 Å². The maximum Gasteiger partial charge on any atom is 0.150 e. The molecule has 98 valence electrons. The Hall–Kier alpha value is -0.620. The fourth-order valence-electron chi connectivity index (χ4n) is 2.46. The average Bonchev–Trinajstić information content (AvgIpc) is 3.03. The van der Waals surface area contributed by atoms with Crippen molar-refractivity contribution in [1.29, 1.82) is 0 Å². The lowest BCUT2D eigenvalue weighted by molar-refractivity contribution is 0.419. The Morgan fingerprint density at radius 1 is 0.632 bits per heavy atom. The van der Waals surface area contributed by atoms with Crippen LogP contribution < -0.4 is 4.74 Å². The maximum absolute atomic E-state index is 5.57. The van der Waals surface area contributed by atoms with Crippen molar-refractivity contribution in [3.05, 3.63) is 15.3 Å². The normalized spacial score (nSPS) is 12.2. The standard InChI is InChI=1S/C14H12OS4/c1-5-6(2)16-11-9(5)18-14-12-10(19-13(11)14)8(15-4)7(3)17-12/h1-4H3. The number of rotatable bonds is 1. The van der Waals surface area contributed by atoms with Crippen LogP contribution in [0, 0.1) is 20.8 Å². The minimum absolute atomic E-state index is 1.08. The lowest BCUT2D eigenvalue weighted by Crippen LogP contribution is -1.79. The van der Waals surface area contributed by atoms with Crippen LogP contribution in [0.4, 0.5) is 0 Å². The van der Waals surface area contributed by atoms with Crippen molar-refractivity contribution in [1.82, 2.24) is 0 Å². The first kappa shape index (κ1) is 12.1. The van der Waals surface area contributed by atoms with Crippen molar-refractivity contribution in [3.63, 3.8) is 0 Å². The first-order valence-electron chi connectivity index (χ1n) is 6.00. The van der Waals surface area contributed by atoms with Crippen LogP contribution >= 0.6 is 45.3 Å². The molecule has 1 nitrogen and oxygen atoms in total. The van der Waals surface area contributed by atoms with E-state index in [0.29, 0.717) is 0 Å². The Labute approximate surface area is 127 Å². The van der Waals surface area contributed by atoms with Gasteiger partial charge < -0.3 is 4.74 Å². The molecule has 0 aliphatic rings. The molecule has 4 heterocycles. The van der Waals surface area contributed by atoms with E-state index in [9.17, 15) is 0 Å². The van der Waals surface area contributed by atoms with Crippen LogP contribution in [0.2, 0.25) is 0 Å². The Morgan fingerprint density at radius 3 is 1.84 bits per heavy atom. The van der Waals surface area contributed by atoms with E-state index >= 15 is 0 Å². The smallest absolute Gasteiger partial charge is 0.150 e. The molecule has 0 radical (unpaired) electrons. The molecule has 0 N–H and O–H groups in total. The van der Waals surface area contributed by atoms with E-state index in [1.807, 2.05) is 45.3 Å². The third-order valence-corrected chi connectivity index (χ3v) is 9.06. The predicted octanol–water partition coefficient (Wildman–Crippen LogP) is 6.33. The first-order valence-corrected chi connectivity index (χ1v) is 9.26. The molecule has 0 aliphatic heterocycles. The summed E-state index contributed by atoms with van der Waals surface area (Å²) in [5, 5.41) is 0. The summed E-state index contributed by atoms with van der Waals surface area (Å²) in [5.74, 6) is 1.08. The summed E-state index contributed by atoms with van der Waals surface area (Å²) in [4.78, 5) is 2.73. The lowest BCUT2D eigenvalue weighted by atomic mass is 10.3. The quantitative estimate of drug-likeness (QED) is 0.398. The largest absolute Gasteiger partial charge is 0.494 e. The molecule has 0 atom stereocenters. The summed E-state index contributed by atoms with van der Waals surface area (Å²) in [6.07, 6.45) is 0. The van der Waals surface area contributed by atoms with E-state index in [4.69, 9.17) is 4.74 Å². The number of hydrogen-bond donors (Lipinski definition) is 0. The Balaban J connectivity index is 2.21. The van der Waals surface area contributed by atoms with Crippen LogP contribution in [0.15, 0.2) is 0 Å². The van der Waals surface area contributed by atoms with Gasteiger partial charge in [0.15, 0.2) is 0 Å². The topological polar surface area (TPSA) is 9.23 Å². The molecule has 5 heteroatoms. The molecule has 19 heavy (non-hydrogen) atoms. The van der Waals surface area contributed by atoms with Gasteiger partial charge in [-0.2, -0.15) is 0 Å². The first-order chi connectivity index (χ1) is 9.11. The van der Waals surface area contributed by atoms with Gasteiger partial charge in [-0.3, -0.25) is 0 Å². The number of aryl methyl sites for hydroxylation is 3. The number of fused-ring (bicyclic) bond motifs is 5. The van der Waals surface area contributed by atoms with E-state index in [0.717, 1.165) is 5.75 Å². The molecule has 0 bridgehead atoms. The number of hydrogen-bond acceptors (Lipinski definition) is 5. The number of ether oxygens (including phenoxy) is 1. The second-order valence-electron chi connectivity index (χ2n) is 4.65. The zero-order chi connectivity index (χ0) is 13.3. The van der Waals surface area contributed by atoms with Crippen LogP contribution in [-0.4, -0.2) is 7.11 Å². The highest BCUT2D eigenvalue weighted by Crippen LogP contribution is 2.53. The molecule has 0 amide bonds. The second-order valence-corrected chi connectivity index (χ2v) is 9.14. The SMILES string of the molecule is COc1c(C)sc2c1sc1c3sc(C)c(C)c3sc21. The monoisotopic (exact) mass is 324 g/mol. The van der Waals surface area contributed by atoms with E-state index < -0.39 is 0 Å². The van der Waals surface area contributed by atoms with Crippen LogP contribution in [-0.2, 0) is 0 Å². The third kappa shape index (κ3) is 1.44. The zero-order valence-corrected chi connectivity index (χ0v) is 14.3. The fraction of sp³-hybridized carbons (Fsp3) is 0.286. The molecule has 0 saturated heterocycles. The summed E-state index contributed by atoms with van der Waals surface area (Å²) in [7, 11) is 1.78. The molecule has 0 saturated carbocycles. The summed E-state index contributed by atoms with van der Waals surface area (Å²) in [5.41, 5.74) is 1.46. The molecule has 0 spiro atoms.